The van der Waals surface area contributed by atoms with E-state index >= 15 is 0 Å². The van der Waals surface area contributed by atoms with Crippen molar-refractivity contribution in [2.45, 2.75) is 26.1 Å². The molecule has 1 aromatic carbocycles. The van der Waals surface area contributed by atoms with Crippen LogP contribution < -0.4 is 5.32 Å². The first kappa shape index (κ1) is 24.0. The standard InChI is InChI=1S/C24H18ClF3N6OS/c1-2-15-7-8-19(36-15)17-11-20(24(26,27)28)34-22(29-17)12-18(31-34)23(35)30-21-9-10-33(32-21)13-14-5-3-4-6-16(14)25/h3-12H,2,13H2,1H3,(H,30,32,35). The molecule has 0 aliphatic rings. The largest absolute Gasteiger partial charge is 0.433 e. The van der Waals surface area contributed by atoms with Gasteiger partial charge in [0.25, 0.3) is 5.91 Å². The number of nitrogens with zero attached hydrogens (tertiary/aromatic N) is 5. The van der Waals surface area contributed by atoms with E-state index in [0.29, 0.717) is 21.0 Å². The molecule has 1 N–H and O–H groups in total. The molecular weight excluding hydrogens is 513 g/mol. The van der Waals surface area contributed by atoms with Crippen molar-refractivity contribution in [3.63, 3.8) is 0 Å². The van der Waals surface area contributed by atoms with Gasteiger partial charge >= 0.3 is 6.18 Å². The average Bonchev–Trinajstić information content (AvgIpc) is 3.58. The van der Waals surface area contributed by atoms with Crippen molar-refractivity contribution in [1.82, 2.24) is 24.4 Å². The van der Waals surface area contributed by atoms with Gasteiger partial charge in [0.05, 0.1) is 17.1 Å². The van der Waals surface area contributed by atoms with Gasteiger partial charge in [0.1, 0.15) is 0 Å². The van der Waals surface area contributed by atoms with Crippen LogP contribution in [0.25, 0.3) is 16.2 Å². The summed E-state index contributed by atoms with van der Waals surface area (Å²) in [6, 6.07) is 14.6. The fraction of sp³-hybridized carbons (Fsp3) is 0.167. The Bertz CT molecular complexity index is 1570. The topological polar surface area (TPSA) is 77.1 Å². The van der Waals surface area contributed by atoms with Crippen molar-refractivity contribution in [2.24, 2.45) is 0 Å². The predicted molar refractivity (Wildman–Crippen MR) is 131 cm³/mol. The van der Waals surface area contributed by atoms with E-state index in [0.717, 1.165) is 22.9 Å². The smallest absolute Gasteiger partial charge is 0.304 e. The van der Waals surface area contributed by atoms with Crippen LogP contribution in [0.3, 0.4) is 0 Å². The lowest BCUT2D eigenvalue weighted by molar-refractivity contribution is -0.142. The number of rotatable bonds is 6. The molecule has 36 heavy (non-hydrogen) atoms. The quantitative estimate of drug-likeness (QED) is 0.284. The van der Waals surface area contributed by atoms with Crippen LogP contribution in [0.15, 0.2) is 60.8 Å². The lowest BCUT2D eigenvalue weighted by atomic mass is 10.2. The summed E-state index contributed by atoms with van der Waals surface area (Å²) in [6.07, 6.45) is -2.27. The Morgan fingerprint density at radius 2 is 1.92 bits per heavy atom. The second-order valence-electron chi connectivity index (χ2n) is 7.89. The molecule has 0 radical (unpaired) electrons. The number of aromatic nitrogens is 5. The maximum absolute atomic E-state index is 13.8. The molecule has 0 aliphatic carbocycles. The van der Waals surface area contributed by atoms with Crippen molar-refractivity contribution >= 4 is 40.3 Å². The maximum Gasteiger partial charge on any atom is 0.433 e. The van der Waals surface area contributed by atoms with Crippen LogP contribution in [0.5, 0.6) is 0 Å². The Morgan fingerprint density at radius 3 is 2.64 bits per heavy atom. The number of hydrogen-bond acceptors (Lipinski definition) is 5. The number of thiophene rings is 1. The van der Waals surface area contributed by atoms with Gasteiger partial charge in [0.2, 0.25) is 0 Å². The van der Waals surface area contributed by atoms with E-state index in [1.54, 1.807) is 29.1 Å². The fourth-order valence-electron chi connectivity index (χ4n) is 3.62. The third kappa shape index (κ3) is 4.84. The number of alkyl halides is 3. The monoisotopic (exact) mass is 530 g/mol. The molecule has 0 saturated carbocycles. The zero-order chi connectivity index (χ0) is 25.4. The minimum absolute atomic E-state index is 0.0827. The molecule has 0 spiro atoms. The van der Waals surface area contributed by atoms with Gasteiger partial charge in [-0.3, -0.25) is 9.48 Å². The van der Waals surface area contributed by atoms with Gasteiger partial charge in [-0.2, -0.15) is 23.4 Å². The summed E-state index contributed by atoms with van der Waals surface area (Å²) < 4.78 is 43.8. The highest BCUT2D eigenvalue weighted by Crippen LogP contribution is 2.34. The highest BCUT2D eigenvalue weighted by Gasteiger charge is 2.36. The summed E-state index contributed by atoms with van der Waals surface area (Å²) in [5.41, 5.74) is -0.299. The predicted octanol–water partition coefficient (Wildman–Crippen LogP) is 6.19. The van der Waals surface area contributed by atoms with Crippen LogP contribution in [0.4, 0.5) is 19.0 Å². The molecule has 0 saturated heterocycles. The number of amides is 1. The fourth-order valence-corrected chi connectivity index (χ4v) is 4.72. The molecule has 0 aliphatic heterocycles. The van der Waals surface area contributed by atoms with Crippen molar-refractivity contribution in [3.05, 3.63) is 87.6 Å². The first-order valence-corrected chi connectivity index (χ1v) is 12.1. The zero-order valence-electron chi connectivity index (χ0n) is 18.8. The molecule has 0 unspecified atom stereocenters. The number of benzene rings is 1. The van der Waals surface area contributed by atoms with Crippen LogP contribution in [-0.4, -0.2) is 30.3 Å². The van der Waals surface area contributed by atoms with E-state index in [2.05, 4.69) is 20.5 Å². The number of carbonyl (C=O) groups excluding carboxylic acids is 1. The lowest BCUT2D eigenvalue weighted by Gasteiger charge is -2.10. The Morgan fingerprint density at radius 1 is 1.11 bits per heavy atom. The SMILES string of the molecule is CCc1ccc(-c2cc(C(F)(F)F)n3nc(C(=O)Nc4ccn(Cc5ccccc5Cl)n4)cc3n2)s1. The highest BCUT2D eigenvalue weighted by atomic mass is 35.5. The summed E-state index contributed by atoms with van der Waals surface area (Å²) in [5, 5.41) is 11.3. The minimum Gasteiger partial charge on any atom is -0.304 e. The Kier molecular flexibility index (Phi) is 6.27. The summed E-state index contributed by atoms with van der Waals surface area (Å²) in [5.74, 6) is -0.484. The van der Waals surface area contributed by atoms with Gasteiger partial charge in [0, 0.05) is 28.2 Å². The van der Waals surface area contributed by atoms with Gasteiger partial charge in [0.15, 0.2) is 22.9 Å². The number of hydrogen-bond donors (Lipinski definition) is 1. The van der Waals surface area contributed by atoms with Crippen LogP contribution in [-0.2, 0) is 19.1 Å². The lowest BCUT2D eigenvalue weighted by Crippen LogP contribution is -2.16. The Hall–Kier alpha value is -3.70. The van der Waals surface area contributed by atoms with Gasteiger partial charge in [-0.1, -0.05) is 36.7 Å². The van der Waals surface area contributed by atoms with Crippen LogP contribution >= 0.6 is 22.9 Å². The molecule has 4 aromatic heterocycles. The second kappa shape index (κ2) is 9.40. The van der Waals surface area contributed by atoms with Gasteiger partial charge < -0.3 is 5.32 Å². The maximum atomic E-state index is 13.8. The van der Waals surface area contributed by atoms with Gasteiger partial charge in [-0.05, 0) is 36.2 Å². The summed E-state index contributed by atoms with van der Waals surface area (Å²) >= 11 is 7.56. The van der Waals surface area contributed by atoms with E-state index in [9.17, 15) is 18.0 Å². The molecule has 5 rings (SSSR count). The number of anilines is 1. The van der Waals surface area contributed by atoms with E-state index in [4.69, 9.17) is 11.6 Å². The first-order chi connectivity index (χ1) is 17.2. The Balaban J connectivity index is 1.42. The zero-order valence-corrected chi connectivity index (χ0v) is 20.3. The van der Waals surface area contributed by atoms with Crippen LogP contribution in [0, 0.1) is 0 Å². The molecule has 7 nitrogen and oxygen atoms in total. The third-order valence-corrected chi connectivity index (χ3v) is 7.01. The molecule has 4 heterocycles. The van der Waals surface area contributed by atoms with E-state index in [1.165, 1.54) is 17.4 Å². The van der Waals surface area contributed by atoms with Crippen molar-refractivity contribution in [3.8, 4) is 10.6 Å². The molecule has 5 aromatic rings. The number of halogens is 4. The third-order valence-electron chi connectivity index (χ3n) is 5.39. The van der Waals surface area contributed by atoms with E-state index in [1.807, 2.05) is 31.2 Å². The molecule has 12 heteroatoms. The van der Waals surface area contributed by atoms with Crippen LogP contribution in [0.2, 0.25) is 5.02 Å². The number of carbonyl (C=O) groups is 1. The molecule has 0 bridgehead atoms. The summed E-state index contributed by atoms with van der Waals surface area (Å²) in [4.78, 5) is 18.8. The molecular formula is C24H18ClF3N6OS. The number of fused-ring (bicyclic) bond motifs is 1. The molecule has 184 valence electrons. The number of nitrogens with one attached hydrogen (secondary N) is 1. The van der Waals surface area contributed by atoms with E-state index in [-0.39, 0.29) is 22.9 Å². The molecule has 0 atom stereocenters. The first-order valence-electron chi connectivity index (χ1n) is 10.9. The highest BCUT2D eigenvalue weighted by molar-refractivity contribution is 7.15. The average molecular weight is 531 g/mol. The second-order valence-corrected chi connectivity index (χ2v) is 9.46. The van der Waals surface area contributed by atoms with Gasteiger partial charge in [-0.25, -0.2) is 9.50 Å². The van der Waals surface area contributed by atoms with Crippen molar-refractivity contribution in [1.29, 1.82) is 0 Å². The van der Waals surface area contributed by atoms with E-state index < -0.39 is 17.8 Å². The minimum atomic E-state index is -4.70. The molecule has 0 fully saturated rings. The van der Waals surface area contributed by atoms with Crippen molar-refractivity contribution in [2.75, 3.05) is 5.32 Å². The van der Waals surface area contributed by atoms with Crippen molar-refractivity contribution < 1.29 is 18.0 Å². The normalized spacial score (nSPS) is 11.8. The summed E-state index contributed by atoms with van der Waals surface area (Å²) in [7, 11) is 0. The number of aryl methyl sites for hydroxylation is 1. The summed E-state index contributed by atoms with van der Waals surface area (Å²) in [6.45, 7) is 2.35. The van der Waals surface area contributed by atoms with Gasteiger partial charge in [-0.15, -0.1) is 11.3 Å². The Labute approximate surface area is 212 Å². The van der Waals surface area contributed by atoms with Crippen LogP contribution in [0.1, 0.15) is 33.5 Å². The molecule has 1 amide bonds.